The molecule has 7 heteroatoms. The lowest BCUT2D eigenvalue weighted by atomic mass is 10.1. The molecule has 0 radical (unpaired) electrons. The minimum atomic E-state index is -0.267. The van der Waals surface area contributed by atoms with Crippen LogP contribution in [0, 0.1) is 0 Å². The van der Waals surface area contributed by atoms with E-state index in [4.69, 9.17) is 0 Å². The maximum absolute atomic E-state index is 11.9. The number of aromatic amines is 1. The van der Waals surface area contributed by atoms with Crippen LogP contribution in [0.25, 0.3) is 0 Å². The molecule has 0 bridgehead atoms. The quantitative estimate of drug-likeness (QED) is 0.829. The Morgan fingerprint density at radius 2 is 2.00 bits per heavy atom. The SMILES string of the molecule is CC(=O)c1ccc(NC(=O)N(C)Cc2ncn[nH]2)cc1. The molecule has 2 N–H and O–H groups in total. The van der Waals surface area contributed by atoms with Gasteiger partial charge in [0.15, 0.2) is 5.78 Å². The van der Waals surface area contributed by atoms with Crippen molar-refractivity contribution in [1.29, 1.82) is 0 Å². The molecule has 0 aliphatic rings. The van der Waals surface area contributed by atoms with E-state index in [2.05, 4.69) is 20.5 Å². The first kappa shape index (κ1) is 13.7. The summed E-state index contributed by atoms with van der Waals surface area (Å²) < 4.78 is 0. The monoisotopic (exact) mass is 273 g/mol. The van der Waals surface area contributed by atoms with E-state index in [9.17, 15) is 9.59 Å². The molecule has 0 unspecified atom stereocenters. The van der Waals surface area contributed by atoms with Gasteiger partial charge in [-0.15, -0.1) is 0 Å². The summed E-state index contributed by atoms with van der Waals surface area (Å²) in [7, 11) is 1.65. The molecule has 7 nitrogen and oxygen atoms in total. The molecule has 20 heavy (non-hydrogen) atoms. The van der Waals surface area contributed by atoms with E-state index in [1.165, 1.54) is 18.2 Å². The Morgan fingerprint density at radius 3 is 2.55 bits per heavy atom. The number of Topliss-reactive ketones (excluding diaryl/α,β-unsaturated/α-hetero) is 1. The first-order chi connectivity index (χ1) is 9.56. The zero-order chi connectivity index (χ0) is 14.5. The van der Waals surface area contributed by atoms with E-state index in [1.54, 1.807) is 31.3 Å². The van der Waals surface area contributed by atoms with Gasteiger partial charge in [0.1, 0.15) is 12.2 Å². The van der Waals surface area contributed by atoms with Gasteiger partial charge in [-0.25, -0.2) is 9.78 Å². The summed E-state index contributed by atoms with van der Waals surface area (Å²) in [6.07, 6.45) is 1.39. The number of rotatable bonds is 4. The molecule has 0 aliphatic heterocycles. The zero-order valence-corrected chi connectivity index (χ0v) is 11.3. The van der Waals surface area contributed by atoms with Crippen LogP contribution in [0.3, 0.4) is 0 Å². The zero-order valence-electron chi connectivity index (χ0n) is 11.3. The fourth-order valence-electron chi connectivity index (χ4n) is 1.61. The summed E-state index contributed by atoms with van der Waals surface area (Å²) in [5.74, 6) is 0.597. The number of urea groups is 1. The van der Waals surface area contributed by atoms with Crippen molar-refractivity contribution in [2.45, 2.75) is 13.5 Å². The Bertz CT molecular complexity index is 592. The van der Waals surface area contributed by atoms with Crippen molar-refractivity contribution in [2.75, 3.05) is 12.4 Å². The third-order valence-corrected chi connectivity index (χ3v) is 2.74. The van der Waals surface area contributed by atoms with E-state index in [0.29, 0.717) is 23.6 Å². The molecule has 2 rings (SSSR count). The molecule has 1 aromatic heterocycles. The van der Waals surface area contributed by atoms with Crippen LogP contribution < -0.4 is 5.32 Å². The standard InChI is InChI=1S/C13H15N5O2/c1-9(19)10-3-5-11(6-4-10)16-13(20)18(2)7-12-14-8-15-17-12/h3-6,8H,7H2,1-2H3,(H,16,20)(H,14,15,17). The molecule has 0 fully saturated rings. The summed E-state index contributed by atoms with van der Waals surface area (Å²) >= 11 is 0. The first-order valence-corrected chi connectivity index (χ1v) is 6.03. The Hall–Kier alpha value is -2.70. The number of carbonyl (C=O) groups excluding carboxylic acids is 2. The van der Waals surface area contributed by atoms with Crippen LogP contribution in [-0.2, 0) is 6.54 Å². The predicted molar refractivity (Wildman–Crippen MR) is 73.3 cm³/mol. The minimum Gasteiger partial charge on any atom is -0.320 e. The third kappa shape index (κ3) is 3.41. The molecule has 2 amide bonds. The van der Waals surface area contributed by atoms with Crippen LogP contribution in [-0.4, -0.2) is 38.9 Å². The van der Waals surface area contributed by atoms with Gasteiger partial charge < -0.3 is 10.2 Å². The van der Waals surface area contributed by atoms with Crippen molar-refractivity contribution >= 4 is 17.5 Å². The summed E-state index contributed by atoms with van der Waals surface area (Å²) in [6.45, 7) is 1.83. The number of amides is 2. The highest BCUT2D eigenvalue weighted by Crippen LogP contribution is 2.11. The van der Waals surface area contributed by atoms with Gasteiger partial charge in [-0.05, 0) is 31.2 Å². The molecular formula is C13H15N5O2. The number of nitrogens with zero attached hydrogens (tertiary/aromatic N) is 3. The number of benzene rings is 1. The number of carbonyl (C=O) groups is 2. The molecule has 0 spiro atoms. The lowest BCUT2D eigenvalue weighted by Crippen LogP contribution is -2.31. The van der Waals surface area contributed by atoms with Crippen LogP contribution >= 0.6 is 0 Å². The lowest BCUT2D eigenvalue weighted by Gasteiger charge is -2.16. The Kier molecular flexibility index (Phi) is 4.09. The maximum atomic E-state index is 11.9. The maximum Gasteiger partial charge on any atom is 0.321 e. The van der Waals surface area contributed by atoms with Gasteiger partial charge >= 0.3 is 6.03 Å². The minimum absolute atomic E-state index is 0.00897. The molecular weight excluding hydrogens is 258 g/mol. The number of hydrogen-bond acceptors (Lipinski definition) is 4. The first-order valence-electron chi connectivity index (χ1n) is 6.03. The van der Waals surface area contributed by atoms with Crippen LogP contribution in [0.4, 0.5) is 10.5 Å². The highest BCUT2D eigenvalue weighted by Gasteiger charge is 2.10. The van der Waals surface area contributed by atoms with Gasteiger partial charge in [-0.3, -0.25) is 9.89 Å². The average molecular weight is 273 g/mol. The van der Waals surface area contributed by atoms with E-state index in [0.717, 1.165) is 0 Å². The summed E-state index contributed by atoms with van der Waals surface area (Å²) in [4.78, 5) is 28.5. The number of aromatic nitrogens is 3. The number of anilines is 1. The molecule has 1 heterocycles. The molecule has 0 aliphatic carbocycles. The van der Waals surface area contributed by atoms with Crippen molar-refractivity contribution in [3.63, 3.8) is 0 Å². The topological polar surface area (TPSA) is 91.0 Å². The van der Waals surface area contributed by atoms with Crippen molar-refractivity contribution in [1.82, 2.24) is 20.1 Å². The van der Waals surface area contributed by atoms with Crippen molar-refractivity contribution < 1.29 is 9.59 Å². The predicted octanol–water partition coefficient (Wildman–Crippen LogP) is 1.67. The third-order valence-electron chi connectivity index (χ3n) is 2.74. The van der Waals surface area contributed by atoms with E-state index in [-0.39, 0.29) is 11.8 Å². The van der Waals surface area contributed by atoms with Crippen LogP contribution in [0.5, 0.6) is 0 Å². The van der Waals surface area contributed by atoms with Gasteiger partial charge in [0, 0.05) is 18.3 Å². The van der Waals surface area contributed by atoms with E-state index < -0.39 is 0 Å². The Labute approximate surface area is 116 Å². The summed E-state index contributed by atoms with van der Waals surface area (Å²) in [5.41, 5.74) is 1.24. The van der Waals surface area contributed by atoms with E-state index in [1.807, 2.05) is 0 Å². The molecule has 0 saturated heterocycles. The van der Waals surface area contributed by atoms with Crippen LogP contribution in [0.15, 0.2) is 30.6 Å². The smallest absolute Gasteiger partial charge is 0.320 e. The Morgan fingerprint density at radius 1 is 1.30 bits per heavy atom. The lowest BCUT2D eigenvalue weighted by molar-refractivity contribution is 0.101. The Balaban J connectivity index is 1.95. The second-order valence-corrected chi connectivity index (χ2v) is 4.35. The summed E-state index contributed by atoms with van der Waals surface area (Å²) in [5, 5.41) is 9.14. The van der Waals surface area contributed by atoms with E-state index >= 15 is 0 Å². The van der Waals surface area contributed by atoms with Gasteiger partial charge in [0.25, 0.3) is 0 Å². The molecule has 0 saturated carbocycles. The molecule has 2 aromatic rings. The second-order valence-electron chi connectivity index (χ2n) is 4.35. The van der Waals surface area contributed by atoms with Crippen molar-refractivity contribution in [3.05, 3.63) is 42.0 Å². The van der Waals surface area contributed by atoms with Gasteiger partial charge in [0.2, 0.25) is 0 Å². The number of hydrogen-bond donors (Lipinski definition) is 2. The van der Waals surface area contributed by atoms with Crippen LogP contribution in [0.2, 0.25) is 0 Å². The van der Waals surface area contributed by atoms with Crippen molar-refractivity contribution in [2.24, 2.45) is 0 Å². The van der Waals surface area contributed by atoms with Crippen LogP contribution in [0.1, 0.15) is 23.1 Å². The molecule has 104 valence electrons. The number of H-pyrrole nitrogens is 1. The largest absolute Gasteiger partial charge is 0.321 e. The normalized spacial score (nSPS) is 10.1. The fourth-order valence-corrected chi connectivity index (χ4v) is 1.61. The number of nitrogens with one attached hydrogen (secondary N) is 2. The highest BCUT2D eigenvalue weighted by atomic mass is 16.2. The second kappa shape index (κ2) is 5.96. The highest BCUT2D eigenvalue weighted by molar-refractivity contribution is 5.95. The van der Waals surface area contributed by atoms with Gasteiger partial charge in [-0.1, -0.05) is 0 Å². The molecule has 1 aromatic carbocycles. The molecule has 0 atom stereocenters. The number of ketones is 1. The summed E-state index contributed by atoms with van der Waals surface area (Å²) in [6, 6.07) is 6.47. The fraction of sp³-hybridized carbons (Fsp3) is 0.231. The van der Waals surface area contributed by atoms with Gasteiger partial charge in [0.05, 0.1) is 6.54 Å². The van der Waals surface area contributed by atoms with Gasteiger partial charge in [-0.2, -0.15) is 5.10 Å². The van der Waals surface area contributed by atoms with Crippen molar-refractivity contribution in [3.8, 4) is 0 Å². The average Bonchev–Trinajstić information content (AvgIpc) is 2.92.